The van der Waals surface area contributed by atoms with E-state index in [1.807, 2.05) is 18.7 Å². The maximum absolute atomic E-state index is 12.3. The maximum atomic E-state index is 12.3. The summed E-state index contributed by atoms with van der Waals surface area (Å²) in [6, 6.07) is 4.08. The maximum Gasteiger partial charge on any atom is 0.257 e. The van der Waals surface area contributed by atoms with Crippen LogP contribution in [-0.4, -0.2) is 23.9 Å². The van der Waals surface area contributed by atoms with Gasteiger partial charge in [0, 0.05) is 19.5 Å². The van der Waals surface area contributed by atoms with Gasteiger partial charge in [-0.15, -0.1) is 0 Å². The zero-order valence-corrected chi connectivity index (χ0v) is 10.9. The molecule has 1 aliphatic rings. The molecule has 0 N–H and O–H groups in total. The number of hydrogen-bond acceptors (Lipinski definition) is 3. The molecule has 0 spiro atoms. The molecule has 0 bridgehead atoms. The highest BCUT2D eigenvalue weighted by molar-refractivity contribution is 5.95. The molecule has 0 aromatic carbocycles. The van der Waals surface area contributed by atoms with Crippen molar-refractivity contribution in [3.8, 4) is 6.07 Å². The molecule has 1 aromatic rings. The average molecular weight is 246 g/mol. The SMILES string of the molecule is CCc1occc1C(=O)N1CCC(C)(C#N)CC1. The first-order chi connectivity index (χ1) is 8.59. The topological polar surface area (TPSA) is 57.2 Å². The molecule has 4 heteroatoms. The van der Waals surface area contributed by atoms with Crippen LogP contribution in [0.4, 0.5) is 0 Å². The minimum Gasteiger partial charge on any atom is -0.469 e. The van der Waals surface area contributed by atoms with E-state index in [-0.39, 0.29) is 11.3 Å². The van der Waals surface area contributed by atoms with E-state index in [0.29, 0.717) is 18.7 Å². The molecular weight excluding hydrogens is 228 g/mol. The molecule has 1 aliphatic heterocycles. The highest BCUT2D eigenvalue weighted by Gasteiger charge is 2.32. The van der Waals surface area contributed by atoms with Gasteiger partial charge in [-0.1, -0.05) is 6.92 Å². The second-order valence-electron chi connectivity index (χ2n) is 5.08. The third-order valence-electron chi connectivity index (χ3n) is 3.72. The zero-order chi connectivity index (χ0) is 13.2. The molecule has 2 heterocycles. The average Bonchev–Trinajstić information content (AvgIpc) is 2.87. The highest BCUT2D eigenvalue weighted by atomic mass is 16.3. The number of furan rings is 1. The first kappa shape index (κ1) is 12.7. The third-order valence-corrected chi connectivity index (χ3v) is 3.72. The van der Waals surface area contributed by atoms with Gasteiger partial charge >= 0.3 is 0 Å². The predicted octanol–water partition coefficient (Wildman–Crippen LogP) is 2.61. The van der Waals surface area contributed by atoms with E-state index in [0.717, 1.165) is 25.0 Å². The fourth-order valence-electron chi connectivity index (χ4n) is 2.29. The van der Waals surface area contributed by atoms with Crippen molar-refractivity contribution in [1.29, 1.82) is 5.26 Å². The Morgan fingerprint density at radius 2 is 2.22 bits per heavy atom. The number of hydrogen-bond donors (Lipinski definition) is 0. The Bertz CT molecular complexity index is 476. The Morgan fingerprint density at radius 3 is 2.78 bits per heavy atom. The summed E-state index contributed by atoms with van der Waals surface area (Å²) in [7, 11) is 0. The van der Waals surface area contributed by atoms with E-state index in [9.17, 15) is 4.79 Å². The van der Waals surface area contributed by atoms with Gasteiger partial charge in [0.05, 0.1) is 23.3 Å². The van der Waals surface area contributed by atoms with Crippen molar-refractivity contribution in [2.75, 3.05) is 13.1 Å². The highest BCUT2D eigenvalue weighted by Crippen LogP contribution is 2.30. The van der Waals surface area contributed by atoms with Crippen molar-refractivity contribution in [3.63, 3.8) is 0 Å². The summed E-state index contributed by atoms with van der Waals surface area (Å²) in [4.78, 5) is 14.1. The van der Waals surface area contributed by atoms with Crippen LogP contribution in [0.5, 0.6) is 0 Å². The van der Waals surface area contributed by atoms with Crippen molar-refractivity contribution in [2.45, 2.75) is 33.1 Å². The lowest BCUT2D eigenvalue weighted by Crippen LogP contribution is -2.41. The molecule has 1 amide bonds. The molecule has 96 valence electrons. The van der Waals surface area contributed by atoms with E-state index in [1.54, 1.807) is 12.3 Å². The monoisotopic (exact) mass is 246 g/mol. The normalized spacial score (nSPS) is 18.4. The van der Waals surface area contributed by atoms with Gasteiger partial charge < -0.3 is 9.32 Å². The van der Waals surface area contributed by atoms with Crippen molar-refractivity contribution in [3.05, 3.63) is 23.7 Å². The number of piperidine rings is 1. The minimum atomic E-state index is -0.277. The van der Waals surface area contributed by atoms with Crippen LogP contribution in [0.2, 0.25) is 0 Å². The van der Waals surface area contributed by atoms with Crippen LogP contribution in [0.1, 0.15) is 42.8 Å². The number of nitrogens with zero attached hydrogens (tertiary/aromatic N) is 2. The Labute approximate surface area is 107 Å². The Morgan fingerprint density at radius 1 is 1.56 bits per heavy atom. The van der Waals surface area contributed by atoms with Crippen LogP contribution in [0, 0.1) is 16.7 Å². The van der Waals surface area contributed by atoms with Gasteiger partial charge in [0.2, 0.25) is 0 Å². The van der Waals surface area contributed by atoms with Crippen molar-refractivity contribution in [1.82, 2.24) is 4.90 Å². The molecule has 0 saturated carbocycles. The van der Waals surface area contributed by atoms with Crippen molar-refractivity contribution < 1.29 is 9.21 Å². The molecule has 0 unspecified atom stereocenters. The van der Waals surface area contributed by atoms with Crippen LogP contribution in [0.25, 0.3) is 0 Å². The third kappa shape index (κ3) is 2.26. The first-order valence-electron chi connectivity index (χ1n) is 6.36. The zero-order valence-electron chi connectivity index (χ0n) is 10.9. The number of nitriles is 1. The van der Waals surface area contributed by atoms with Gasteiger partial charge in [0.15, 0.2) is 0 Å². The van der Waals surface area contributed by atoms with E-state index in [1.165, 1.54) is 0 Å². The Kier molecular flexibility index (Phi) is 3.42. The number of aryl methyl sites for hydroxylation is 1. The molecule has 18 heavy (non-hydrogen) atoms. The van der Waals surface area contributed by atoms with Gasteiger partial charge in [0.1, 0.15) is 5.76 Å². The number of carbonyl (C=O) groups excluding carboxylic acids is 1. The van der Waals surface area contributed by atoms with E-state index in [2.05, 4.69) is 6.07 Å². The predicted molar refractivity (Wildman–Crippen MR) is 66.9 cm³/mol. The smallest absolute Gasteiger partial charge is 0.257 e. The summed E-state index contributed by atoms with van der Waals surface area (Å²) >= 11 is 0. The lowest BCUT2D eigenvalue weighted by Gasteiger charge is -2.34. The van der Waals surface area contributed by atoms with Crippen molar-refractivity contribution in [2.24, 2.45) is 5.41 Å². The number of carbonyl (C=O) groups is 1. The lowest BCUT2D eigenvalue weighted by atomic mass is 9.82. The van der Waals surface area contributed by atoms with E-state index < -0.39 is 0 Å². The Balaban J connectivity index is 2.07. The fourth-order valence-corrected chi connectivity index (χ4v) is 2.29. The van der Waals surface area contributed by atoms with Crippen molar-refractivity contribution >= 4 is 5.91 Å². The summed E-state index contributed by atoms with van der Waals surface area (Å²) in [5, 5.41) is 9.07. The molecule has 1 saturated heterocycles. The summed E-state index contributed by atoms with van der Waals surface area (Å²) in [5.74, 6) is 0.772. The quantitative estimate of drug-likeness (QED) is 0.806. The van der Waals surface area contributed by atoms with Crippen LogP contribution in [-0.2, 0) is 6.42 Å². The fraction of sp³-hybridized carbons (Fsp3) is 0.571. The summed E-state index contributed by atoms with van der Waals surface area (Å²) in [5.41, 5.74) is 0.388. The largest absolute Gasteiger partial charge is 0.469 e. The standard InChI is InChI=1S/C14H18N2O2/c1-3-12-11(4-9-18-12)13(17)16-7-5-14(2,10-15)6-8-16/h4,9H,3,5-8H2,1-2H3. The van der Waals surface area contributed by atoms with Gasteiger partial charge in [-0.3, -0.25) is 4.79 Å². The van der Waals surface area contributed by atoms with Gasteiger partial charge in [-0.2, -0.15) is 5.26 Å². The van der Waals surface area contributed by atoms with E-state index in [4.69, 9.17) is 9.68 Å². The van der Waals surface area contributed by atoms with Crippen LogP contribution in [0.15, 0.2) is 16.7 Å². The molecular formula is C14H18N2O2. The molecule has 0 atom stereocenters. The molecule has 1 fully saturated rings. The van der Waals surface area contributed by atoms with Gasteiger partial charge in [-0.25, -0.2) is 0 Å². The minimum absolute atomic E-state index is 0.0283. The number of amides is 1. The van der Waals surface area contributed by atoms with Crippen LogP contribution >= 0.6 is 0 Å². The summed E-state index contributed by atoms with van der Waals surface area (Å²) < 4.78 is 5.29. The van der Waals surface area contributed by atoms with E-state index >= 15 is 0 Å². The summed E-state index contributed by atoms with van der Waals surface area (Å²) in [6.45, 7) is 5.23. The molecule has 1 aromatic heterocycles. The molecule has 4 nitrogen and oxygen atoms in total. The second kappa shape index (κ2) is 4.85. The second-order valence-corrected chi connectivity index (χ2v) is 5.08. The lowest BCUT2D eigenvalue weighted by molar-refractivity contribution is 0.0659. The molecule has 0 aliphatic carbocycles. The number of rotatable bonds is 2. The Hall–Kier alpha value is -1.76. The first-order valence-corrected chi connectivity index (χ1v) is 6.36. The van der Waals surface area contributed by atoms with Crippen LogP contribution < -0.4 is 0 Å². The van der Waals surface area contributed by atoms with Gasteiger partial charge in [0.25, 0.3) is 5.91 Å². The molecule has 2 rings (SSSR count). The molecule has 0 radical (unpaired) electrons. The number of likely N-dealkylation sites (tertiary alicyclic amines) is 1. The van der Waals surface area contributed by atoms with Crippen LogP contribution in [0.3, 0.4) is 0 Å². The summed E-state index contributed by atoms with van der Waals surface area (Å²) in [6.07, 6.45) is 3.77. The van der Waals surface area contributed by atoms with Gasteiger partial charge in [-0.05, 0) is 25.8 Å².